The minimum absolute atomic E-state index is 0.0118. The molecule has 17 heavy (non-hydrogen) atoms. The maximum Gasteiger partial charge on any atom is 0.234 e. The van der Waals surface area contributed by atoms with Crippen LogP contribution in [-0.2, 0) is 9.59 Å². The van der Waals surface area contributed by atoms with Gasteiger partial charge in [0.05, 0.1) is 6.54 Å². The Hall–Kier alpha value is -1.14. The van der Waals surface area contributed by atoms with Gasteiger partial charge >= 0.3 is 0 Å². The van der Waals surface area contributed by atoms with Gasteiger partial charge in [-0.3, -0.25) is 14.5 Å². The van der Waals surface area contributed by atoms with E-state index in [1.165, 1.54) is 6.92 Å². The molecule has 0 saturated carbocycles. The third-order valence-electron chi connectivity index (χ3n) is 2.20. The molecule has 0 rings (SSSR count). The van der Waals surface area contributed by atoms with Crippen LogP contribution in [0.2, 0.25) is 0 Å². The molecule has 0 aromatic rings. The van der Waals surface area contributed by atoms with Crippen LogP contribution in [0.1, 0.15) is 13.3 Å². The van der Waals surface area contributed by atoms with Crippen molar-refractivity contribution in [2.24, 2.45) is 0 Å². The van der Waals surface area contributed by atoms with Crippen molar-refractivity contribution < 1.29 is 9.59 Å². The van der Waals surface area contributed by atoms with E-state index >= 15 is 0 Å². The highest BCUT2D eigenvalue weighted by molar-refractivity contribution is 5.78. The summed E-state index contributed by atoms with van der Waals surface area (Å²) in [5, 5.41) is 8.43. The maximum atomic E-state index is 11.4. The van der Waals surface area contributed by atoms with Crippen molar-refractivity contribution in [3.8, 4) is 0 Å². The van der Waals surface area contributed by atoms with Crippen molar-refractivity contribution >= 4 is 11.8 Å². The Labute approximate surface area is 103 Å². The molecule has 0 spiro atoms. The largest absolute Gasteiger partial charge is 0.355 e. The highest BCUT2D eigenvalue weighted by Gasteiger charge is 2.05. The Bertz CT molecular complexity index is 234. The number of carbonyl (C=O) groups excluding carboxylic acids is 2. The lowest BCUT2D eigenvalue weighted by atomic mass is 10.4. The number of hydrogen-bond donors (Lipinski definition) is 3. The number of rotatable bonds is 9. The Morgan fingerprint density at radius 3 is 2.35 bits per heavy atom. The van der Waals surface area contributed by atoms with Gasteiger partial charge < -0.3 is 16.0 Å². The third kappa shape index (κ3) is 11.1. The average Bonchev–Trinajstić information content (AvgIpc) is 2.24. The fraction of sp³-hybridized carbons (Fsp3) is 0.818. The SMILES string of the molecule is CNCCCN(C)CC(=O)NCCNC(C)=O. The van der Waals surface area contributed by atoms with Crippen LogP contribution < -0.4 is 16.0 Å². The van der Waals surface area contributed by atoms with Crippen molar-refractivity contribution in [3.05, 3.63) is 0 Å². The van der Waals surface area contributed by atoms with Crippen LogP contribution in [0.15, 0.2) is 0 Å². The zero-order valence-corrected chi connectivity index (χ0v) is 11.0. The molecule has 0 aliphatic carbocycles. The highest BCUT2D eigenvalue weighted by Crippen LogP contribution is 1.85. The highest BCUT2D eigenvalue weighted by atomic mass is 16.2. The van der Waals surface area contributed by atoms with Gasteiger partial charge in [0, 0.05) is 20.0 Å². The van der Waals surface area contributed by atoms with Crippen LogP contribution in [0.3, 0.4) is 0 Å². The third-order valence-corrected chi connectivity index (χ3v) is 2.20. The molecule has 0 aromatic heterocycles. The topological polar surface area (TPSA) is 73.5 Å². The summed E-state index contributed by atoms with van der Waals surface area (Å²) in [5.74, 6) is -0.0919. The molecule has 0 aliphatic heterocycles. The van der Waals surface area contributed by atoms with E-state index < -0.39 is 0 Å². The standard InChI is InChI=1S/C11H24N4O2/c1-10(16)13-6-7-14-11(17)9-15(3)8-4-5-12-2/h12H,4-9H2,1-3H3,(H,13,16)(H,14,17). The van der Waals surface area contributed by atoms with Gasteiger partial charge in [-0.1, -0.05) is 0 Å². The van der Waals surface area contributed by atoms with Crippen LogP contribution in [0, 0.1) is 0 Å². The minimum Gasteiger partial charge on any atom is -0.355 e. The normalized spacial score (nSPS) is 10.4. The van der Waals surface area contributed by atoms with E-state index in [1.807, 2.05) is 19.0 Å². The Kier molecular flexibility index (Phi) is 9.37. The molecular weight excluding hydrogens is 220 g/mol. The van der Waals surface area contributed by atoms with Crippen LogP contribution in [-0.4, -0.2) is 63.5 Å². The van der Waals surface area contributed by atoms with E-state index in [2.05, 4.69) is 16.0 Å². The number of nitrogens with one attached hydrogen (secondary N) is 3. The summed E-state index contributed by atoms with van der Waals surface area (Å²) in [7, 11) is 3.83. The lowest BCUT2D eigenvalue weighted by Crippen LogP contribution is -2.39. The smallest absolute Gasteiger partial charge is 0.234 e. The molecule has 0 aromatic carbocycles. The van der Waals surface area contributed by atoms with Crippen molar-refractivity contribution in [1.29, 1.82) is 0 Å². The van der Waals surface area contributed by atoms with E-state index in [4.69, 9.17) is 0 Å². The molecule has 0 atom stereocenters. The summed E-state index contributed by atoms with van der Waals surface area (Å²) in [4.78, 5) is 24.0. The van der Waals surface area contributed by atoms with Crippen LogP contribution in [0.25, 0.3) is 0 Å². The van der Waals surface area contributed by atoms with Crippen LogP contribution in [0.5, 0.6) is 0 Å². The number of amides is 2. The minimum atomic E-state index is -0.0802. The van der Waals surface area contributed by atoms with Gasteiger partial charge in [0.2, 0.25) is 11.8 Å². The van der Waals surface area contributed by atoms with Crippen LogP contribution >= 0.6 is 0 Å². The summed E-state index contributed by atoms with van der Waals surface area (Å²) in [6, 6.07) is 0. The lowest BCUT2D eigenvalue weighted by molar-refractivity contribution is -0.122. The van der Waals surface area contributed by atoms with Crippen molar-refractivity contribution in [3.63, 3.8) is 0 Å². The lowest BCUT2D eigenvalue weighted by Gasteiger charge is -2.16. The quantitative estimate of drug-likeness (QED) is 0.445. The predicted octanol–water partition coefficient (Wildman–Crippen LogP) is -1.22. The Morgan fingerprint density at radius 1 is 1.12 bits per heavy atom. The number of carbonyl (C=O) groups is 2. The first-order chi connectivity index (χ1) is 8.06. The van der Waals surface area contributed by atoms with E-state index in [-0.39, 0.29) is 11.8 Å². The molecule has 6 nitrogen and oxygen atoms in total. The molecule has 6 heteroatoms. The molecule has 100 valence electrons. The van der Waals surface area contributed by atoms with Gasteiger partial charge in [-0.25, -0.2) is 0 Å². The summed E-state index contributed by atoms with van der Waals surface area (Å²) in [6.45, 7) is 4.64. The summed E-state index contributed by atoms with van der Waals surface area (Å²) >= 11 is 0. The van der Waals surface area contributed by atoms with Gasteiger partial charge in [-0.15, -0.1) is 0 Å². The molecule has 0 aliphatic rings. The number of hydrogen-bond acceptors (Lipinski definition) is 4. The Morgan fingerprint density at radius 2 is 1.76 bits per heavy atom. The van der Waals surface area contributed by atoms with E-state index in [0.29, 0.717) is 19.6 Å². The zero-order chi connectivity index (χ0) is 13.1. The van der Waals surface area contributed by atoms with Gasteiger partial charge in [-0.05, 0) is 33.6 Å². The fourth-order valence-electron chi connectivity index (χ4n) is 1.35. The Balaban J connectivity index is 3.47. The van der Waals surface area contributed by atoms with E-state index in [9.17, 15) is 9.59 Å². The van der Waals surface area contributed by atoms with Crippen LogP contribution in [0.4, 0.5) is 0 Å². The number of likely N-dealkylation sites (N-methyl/N-ethyl adjacent to an activating group) is 1. The summed E-state index contributed by atoms with van der Waals surface area (Å²) in [5.41, 5.74) is 0. The van der Waals surface area contributed by atoms with Gasteiger partial charge in [0.25, 0.3) is 0 Å². The maximum absolute atomic E-state index is 11.4. The molecule has 0 saturated heterocycles. The molecular formula is C11H24N4O2. The van der Waals surface area contributed by atoms with Gasteiger partial charge in [0.1, 0.15) is 0 Å². The first-order valence-electron chi connectivity index (χ1n) is 5.90. The van der Waals surface area contributed by atoms with E-state index in [1.54, 1.807) is 0 Å². The van der Waals surface area contributed by atoms with E-state index in [0.717, 1.165) is 19.5 Å². The number of nitrogens with zero attached hydrogens (tertiary/aromatic N) is 1. The monoisotopic (exact) mass is 244 g/mol. The second-order valence-electron chi connectivity index (χ2n) is 4.03. The molecule has 0 unspecified atom stereocenters. The second-order valence-corrected chi connectivity index (χ2v) is 4.03. The zero-order valence-electron chi connectivity index (χ0n) is 11.0. The predicted molar refractivity (Wildman–Crippen MR) is 67.7 cm³/mol. The molecule has 0 bridgehead atoms. The van der Waals surface area contributed by atoms with Crippen molar-refractivity contribution in [2.45, 2.75) is 13.3 Å². The molecule has 0 fully saturated rings. The molecule has 3 N–H and O–H groups in total. The molecule has 2 amide bonds. The first-order valence-corrected chi connectivity index (χ1v) is 5.90. The first kappa shape index (κ1) is 15.9. The molecule has 0 radical (unpaired) electrons. The average molecular weight is 244 g/mol. The van der Waals surface area contributed by atoms with Gasteiger partial charge in [-0.2, -0.15) is 0 Å². The fourth-order valence-corrected chi connectivity index (χ4v) is 1.35. The molecule has 0 heterocycles. The van der Waals surface area contributed by atoms with Gasteiger partial charge in [0.15, 0.2) is 0 Å². The summed E-state index contributed by atoms with van der Waals surface area (Å²) in [6.07, 6.45) is 1.02. The van der Waals surface area contributed by atoms with Crippen molar-refractivity contribution in [1.82, 2.24) is 20.9 Å². The second kappa shape index (κ2) is 10.0. The summed E-state index contributed by atoms with van der Waals surface area (Å²) < 4.78 is 0. The van der Waals surface area contributed by atoms with Crippen molar-refractivity contribution in [2.75, 3.05) is 46.8 Å².